The molecule has 1 aromatic heterocycles. The summed E-state index contributed by atoms with van der Waals surface area (Å²) >= 11 is 0. The standard InChI is InChI=1S/C19H29N5O3.CH2O2/c25-16-5-3-15(4-6-16)23-10-1-8-19(18(23)27)9-2-11-24(19)17(26)7-12-22-13-20-21-14-22;2-1-3/h13-16,25H,1-12H2;1H,(H,2,3). The number of nitrogens with zero attached hydrogens (tertiary/aromatic N) is 5. The largest absolute Gasteiger partial charge is 0.483 e. The van der Waals surface area contributed by atoms with E-state index in [0.717, 1.165) is 57.9 Å². The molecule has 166 valence electrons. The molecule has 2 saturated heterocycles. The second-order valence-electron chi connectivity index (χ2n) is 8.30. The Labute approximate surface area is 175 Å². The van der Waals surface area contributed by atoms with Crippen molar-refractivity contribution in [3.8, 4) is 0 Å². The first kappa shape index (κ1) is 22.2. The molecule has 2 amide bonds. The van der Waals surface area contributed by atoms with Crippen LogP contribution in [0.5, 0.6) is 0 Å². The van der Waals surface area contributed by atoms with E-state index in [1.807, 2.05) is 9.80 Å². The van der Waals surface area contributed by atoms with E-state index in [1.54, 1.807) is 17.2 Å². The van der Waals surface area contributed by atoms with Gasteiger partial charge in [0.15, 0.2) is 0 Å². The molecule has 2 N–H and O–H groups in total. The second-order valence-corrected chi connectivity index (χ2v) is 8.30. The highest BCUT2D eigenvalue weighted by Crippen LogP contribution is 2.40. The SMILES string of the molecule is O=C(CCn1cnnc1)N1CCCC12CCCN(C1CCC(O)CC1)C2=O.O=CO. The molecule has 3 heterocycles. The number of rotatable bonds is 4. The molecular weight excluding hydrogens is 390 g/mol. The zero-order valence-electron chi connectivity index (χ0n) is 17.2. The highest BCUT2D eigenvalue weighted by molar-refractivity contribution is 5.93. The van der Waals surface area contributed by atoms with Crippen molar-refractivity contribution in [3.05, 3.63) is 12.7 Å². The van der Waals surface area contributed by atoms with Gasteiger partial charge in [0.25, 0.3) is 6.47 Å². The summed E-state index contributed by atoms with van der Waals surface area (Å²) in [5, 5.41) is 24.2. The van der Waals surface area contributed by atoms with Crippen molar-refractivity contribution in [1.29, 1.82) is 0 Å². The van der Waals surface area contributed by atoms with Gasteiger partial charge in [0.2, 0.25) is 11.8 Å². The van der Waals surface area contributed by atoms with Crippen LogP contribution in [0.15, 0.2) is 12.7 Å². The molecule has 4 rings (SSSR count). The number of aliphatic hydroxyl groups excluding tert-OH is 1. The first-order valence-corrected chi connectivity index (χ1v) is 10.7. The maximum absolute atomic E-state index is 13.5. The van der Waals surface area contributed by atoms with Crippen LogP contribution in [-0.4, -0.2) is 83.8 Å². The molecule has 3 aliphatic rings. The third-order valence-electron chi connectivity index (χ3n) is 6.60. The van der Waals surface area contributed by atoms with Crippen LogP contribution in [0.25, 0.3) is 0 Å². The predicted molar refractivity (Wildman–Crippen MR) is 106 cm³/mol. The first-order chi connectivity index (χ1) is 14.5. The average Bonchev–Trinajstić information content (AvgIpc) is 3.40. The van der Waals surface area contributed by atoms with Crippen molar-refractivity contribution in [3.63, 3.8) is 0 Å². The molecule has 0 aromatic carbocycles. The molecule has 0 bridgehead atoms. The van der Waals surface area contributed by atoms with E-state index in [9.17, 15) is 14.7 Å². The van der Waals surface area contributed by atoms with Gasteiger partial charge in [-0.3, -0.25) is 14.4 Å². The monoisotopic (exact) mass is 421 g/mol. The summed E-state index contributed by atoms with van der Waals surface area (Å²) in [6, 6.07) is 0.215. The van der Waals surface area contributed by atoms with Crippen molar-refractivity contribution in [2.75, 3.05) is 13.1 Å². The minimum atomic E-state index is -0.640. The van der Waals surface area contributed by atoms with Gasteiger partial charge in [-0.2, -0.15) is 0 Å². The van der Waals surface area contributed by atoms with Crippen LogP contribution in [0, 0.1) is 0 Å². The molecule has 30 heavy (non-hydrogen) atoms. The number of carbonyl (C=O) groups is 3. The maximum atomic E-state index is 13.5. The van der Waals surface area contributed by atoms with E-state index in [1.165, 1.54) is 0 Å². The fourth-order valence-corrected chi connectivity index (χ4v) is 5.16. The van der Waals surface area contributed by atoms with Gasteiger partial charge in [0.1, 0.15) is 18.2 Å². The van der Waals surface area contributed by atoms with Crippen LogP contribution in [0.1, 0.15) is 57.8 Å². The Balaban J connectivity index is 0.000000806. The fraction of sp³-hybridized carbons (Fsp3) is 0.750. The lowest BCUT2D eigenvalue weighted by Gasteiger charge is -2.48. The quantitative estimate of drug-likeness (QED) is 0.683. The summed E-state index contributed by atoms with van der Waals surface area (Å²) in [5.41, 5.74) is -0.640. The molecule has 1 unspecified atom stereocenters. The number of hydrogen-bond acceptors (Lipinski definition) is 6. The zero-order chi connectivity index (χ0) is 21.6. The molecule has 0 radical (unpaired) electrons. The maximum Gasteiger partial charge on any atom is 0.290 e. The van der Waals surface area contributed by atoms with E-state index >= 15 is 0 Å². The number of carbonyl (C=O) groups excluding carboxylic acids is 2. The Bertz CT molecular complexity index is 719. The normalized spacial score (nSPS) is 28.9. The van der Waals surface area contributed by atoms with Gasteiger partial charge in [-0.25, -0.2) is 0 Å². The lowest BCUT2D eigenvalue weighted by atomic mass is 9.82. The number of amides is 2. The third-order valence-corrected chi connectivity index (χ3v) is 6.60. The van der Waals surface area contributed by atoms with Crippen LogP contribution in [-0.2, 0) is 20.9 Å². The molecule has 1 aromatic rings. The number of aromatic nitrogens is 3. The van der Waals surface area contributed by atoms with Crippen LogP contribution in [0.4, 0.5) is 0 Å². The Kier molecular flexibility index (Phi) is 7.41. The van der Waals surface area contributed by atoms with Gasteiger partial charge >= 0.3 is 0 Å². The van der Waals surface area contributed by atoms with Crippen molar-refractivity contribution < 1.29 is 24.6 Å². The number of likely N-dealkylation sites (tertiary alicyclic amines) is 2. The molecule has 1 spiro atoms. The summed E-state index contributed by atoms with van der Waals surface area (Å²) in [6.07, 6.45) is 10.0. The molecule has 1 atom stereocenters. The van der Waals surface area contributed by atoms with Gasteiger partial charge in [-0.1, -0.05) is 0 Å². The fourth-order valence-electron chi connectivity index (χ4n) is 5.16. The van der Waals surface area contributed by atoms with E-state index < -0.39 is 5.54 Å². The summed E-state index contributed by atoms with van der Waals surface area (Å²) in [6.45, 7) is 1.74. The van der Waals surface area contributed by atoms with E-state index in [0.29, 0.717) is 19.5 Å². The third kappa shape index (κ3) is 4.63. The minimum absolute atomic E-state index is 0.0514. The van der Waals surface area contributed by atoms with Gasteiger partial charge in [0, 0.05) is 32.1 Å². The Morgan fingerprint density at radius 2 is 1.73 bits per heavy atom. The topological polar surface area (TPSA) is 129 Å². The Hall–Kier alpha value is -2.49. The number of aliphatic hydroxyl groups is 1. The highest BCUT2D eigenvalue weighted by Gasteiger charge is 2.53. The summed E-state index contributed by atoms with van der Waals surface area (Å²) in [4.78, 5) is 38.7. The predicted octanol–water partition coefficient (Wildman–Crippen LogP) is 0.656. The Morgan fingerprint density at radius 1 is 1.13 bits per heavy atom. The van der Waals surface area contributed by atoms with Gasteiger partial charge in [0.05, 0.1) is 6.10 Å². The molecule has 3 fully saturated rings. The molecule has 2 aliphatic heterocycles. The average molecular weight is 421 g/mol. The number of hydrogen-bond donors (Lipinski definition) is 2. The number of aryl methyl sites for hydroxylation is 1. The van der Waals surface area contributed by atoms with Gasteiger partial charge < -0.3 is 24.6 Å². The molecule has 10 nitrogen and oxygen atoms in total. The van der Waals surface area contributed by atoms with Crippen molar-refractivity contribution >= 4 is 18.3 Å². The van der Waals surface area contributed by atoms with Crippen LogP contribution in [0.2, 0.25) is 0 Å². The zero-order valence-corrected chi connectivity index (χ0v) is 17.2. The van der Waals surface area contributed by atoms with Crippen LogP contribution < -0.4 is 0 Å². The van der Waals surface area contributed by atoms with Crippen LogP contribution in [0.3, 0.4) is 0 Å². The van der Waals surface area contributed by atoms with Crippen molar-refractivity contribution in [2.24, 2.45) is 0 Å². The van der Waals surface area contributed by atoms with E-state index in [2.05, 4.69) is 10.2 Å². The smallest absolute Gasteiger partial charge is 0.290 e. The highest BCUT2D eigenvalue weighted by atomic mass is 16.3. The molecule has 1 aliphatic carbocycles. The van der Waals surface area contributed by atoms with E-state index in [4.69, 9.17) is 9.90 Å². The van der Waals surface area contributed by atoms with Crippen LogP contribution >= 0.6 is 0 Å². The summed E-state index contributed by atoms with van der Waals surface area (Å²) < 4.78 is 1.79. The first-order valence-electron chi connectivity index (χ1n) is 10.7. The van der Waals surface area contributed by atoms with Crippen molar-refractivity contribution in [2.45, 2.75) is 82.0 Å². The van der Waals surface area contributed by atoms with Gasteiger partial charge in [-0.05, 0) is 51.4 Å². The lowest BCUT2D eigenvalue weighted by molar-refractivity contribution is -0.158. The summed E-state index contributed by atoms with van der Waals surface area (Å²) in [7, 11) is 0. The number of piperidine rings is 1. The van der Waals surface area contributed by atoms with Gasteiger partial charge in [-0.15, -0.1) is 10.2 Å². The lowest BCUT2D eigenvalue weighted by Crippen LogP contribution is -2.63. The van der Waals surface area contributed by atoms with Crippen molar-refractivity contribution in [1.82, 2.24) is 24.6 Å². The molecular formula is C20H31N5O5. The van der Waals surface area contributed by atoms with E-state index in [-0.39, 0.29) is 30.4 Å². The molecule has 1 saturated carbocycles. The molecule has 10 heteroatoms. The number of carboxylic acid groups (broad SMARTS) is 1. The second kappa shape index (κ2) is 10.0. The Morgan fingerprint density at radius 3 is 2.37 bits per heavy atom. The minimum Gasteiger partial charge on any atom is -0.483 e. The summed E-state index contributed by atoms with van der Waals surface area (Å²) in [5.74, 6) is 0.195.